The molecule has 0 bridgehead atoms. The zero-order chi connectivity index (χ0) is 15.2. The summed E-state index contributed by atoms with van der Waals surface area (Å²) in [6, 6.07) is 11.6. The lowest BCUT2D eigenvalue weighted by molar-refractivity contribution is 0.485. The van der Waals surface area contributed by atoms with Crippen molar-refractivity contribution in [2.75, 3.05) is 6.54 Å². The fraction of sp³-hybridized carbons (Fsp3) is 0.294. The lowest BCUT2D eigenvalue weighted by atomic mass is 9.98. The molecule has 1 N–H and O–H groups in total. The Bertz CT molecular complexity index is 601. The van der Waals surface area contributed by atoms with E-state index in [4.69, 9.17) is 0 Å². The monoisotopic (exact) mass is 353 g/mol. The van der Waals surface area contributed by atoms with Gasteiger partial charge in [-0.15, -0.1) is 0 Å². The Balaban J connectivity index is 2.30. The Labute approximate surface area is 132 Å². The summed E-state index contributed by atoms with van der Waals surface area (Å²) in [6.07, 6.45) is 1.35. The summed E-state index contributed by atoms with van der Waals surface area (Å²) >= 11 is 3.21. The molecule has 1 atom stereocenters. The fourth-order valence-electron chi connectivity index (χ4n) is 2.28. The highest BCUT2D eigenvalue weighted by atomic mass is 79.9. The summed E-state index contributed by atoms with van der Waals surface area (Å²) in [6.45, 7) is 2.80. The van der Waals surface area contributed by atoms with Crippen LogP contribution < -0.4 is 5.32 Å². The third kappa shape index (κ3) is 4.11. The van der Waals surface area contributed by atoms with Gasteiger partial charge in [0.1, 0.15) is 11.6 Å². The van der Waals surface area contributed by atoms with Gasteiger partial charge in [-0.1, -0.05) is 37.3 Å². The number of rotatable bonds is 6. The van der Waals surface area contributed by atoms with Crippen molar-refractivity contribution in [3.8, 4) is 0 Å². The highest BCUT2D eigenvalue weighted by Crippen LogP contribution is 2.27. The molecule has 2 rings (SSSR count). The highest BCUT2D eigenvalue weighted by Gasteiger charge is 2.18. The molecule has 4 heteroatoms. The van der Waals surface area contributed by atoms with E-state index in [2.05, 4.69) is 21.2 Å². The maximum Gasteiger partial charge on any atom is 0.142 e. The predicted octanol–water partition coefficient (Wildman–Crippen LogP) is 5.01. The second-order valence-electron chi connectivity index (χ2n) is 4.95. The van der Waals surface area contributed by atoms with E-state index < -0.39 is 0 Å². The number of halogens is 3. The molecule has 2 aromatic carbocycles. The summed E-state index contributed by atoms with van der Waals surface area (Å²) in [5.41, 5.74) is 1.14. The van der Waals surface area contributed by atoms with Crippen molar-refractivity contribution in [1.29, 1.82) is 0 Å². The molecule has 1 nitrogen and oxygen atoms in total. The SMILES string of the molecule is CCCNC(Cc1ccccc1F)c1cccc(Br)c1F. The quantitative estimate of drug-likeness (QED) is 0.769. The van der Waals surface area contributed by atoms with Gasteiger partial charge in [0, 0.05) is 11.6 Å². The molecule has 0 fully saturated rings. The average molecular weight is 354 g/mol. The second-order valence-corrected chi connectivity index (χ2v) is 5.80. The van der Waals surface area contributed by atoms with Gasteiger partial charge in [-0.25, -0.2) is 8.78 Å². The van der Waals surface area contributed by atoms with Crippen LogP contribution in [-0.2, 0) is 6.42 Å². The largest absolute Gasteiger partial charge is 0.310 e. The Morgan fingerprint density at radius 2 is 1.86 bits per heavy atom. The summed E-state index contributed by atoms with van der Waals surface area (Å²) in [5.74, 6) is -0.543. The third-order valence-electron chi connectivity index (χ3n) is 3.38. The summed E-state index contributed by atoms with van der Waals surface area (Å²) < 4.78 is 28.6. The van der Waals surface area contributed by atoms with Crippen LogP contribution in [0.2, 0.25) is 0 Å². The molecule has 2 aromatic rings. The number of hydrogen-bond donors (Lipinski definition) is 1. The van der Waals surface area contributed by atoms with Gasteiger partial charge in [-0.2, -0.15) is 0 Å². The van der Waals surface area contributed by atoms with Crippen LogP contribution in [0.5, 0.6) is 0 Å². The molecule has 0 aromatic heterocycles. The second kappa shape index (κ2) is 7.66. The van der Waals surface area contributed by atoms with E-state index in [1.165, 1.54) is 6.07 Å². The average Bonchev–Trinajstić information content (AvgIpc) is 2.48. The van der Waals surface area contributed by atoms with Crippen molar-refractivity contribution in [3.05, 3.63) is 69.7 Å². The fourth-order valence-corrected chi connectivity index (χ4v) is 2.67. The van der Waals surface area contributed by atoms with Gasteiger partial charge < -0.3 is 5.32 Å². The standard InChI is InChI=1S/C17H18BrF2N/c1-2-10-21-16(11-12-6-3-4-9-15(12)19)13-7-5-8-14(18)17(13)20/h3-9,16,21H,2,10-11H2,1H3. The molecule has 0 spiro atoms. The summed E-state index contributed by atoms with van der Waals surface area (Å²) in [4.78, 5) is 0. The molecule has 0 heterocycles. The van der Waals surface area contributed by atoms with Crippen LogP contribution in [0, 0.1) is 11.6 Å². The van der Waals surface area contributed by atoms with E-state index in [0.29, 0.717) is 22.0 Å². The van der Waals surface area contributed by atoms with Gasteiger partial charge in [-0.3, -0.25) is 0 Å². The molecule has 0 aliphatic heterocycles. The van der Waals surface area contributed by atoms with Gasteiger partial charge in [-0.05, 0) is 53.0 Å². The lowest BCUT2D eigenvalue weighted by Crippen LogP contribution is -2.25. The zero-order valence-electron chi connectivity index (χ0n) is 11.9. The van der Waals surface area contributed by atoms with Crippen molar-refractivity contribution in [1.82, 2.24) is 5.32 Å². The van der Waals surface area contributed by atoms with Gasteiger partial charge >= 0.3 is 0 Å². The maximum absolute atomic E-state index is 14.3. The lowest BCUT2D eigenvalue weighted by Gasteiger charge is -2.20. The van der Waals surface area contributed by atoms with Crippen molar-refractivity contribution in [2.45, 2.75) is 25.8 Å². The third-order valence-corrected chi connectivity index (χ3v) is 3.99. The zero-order valence-corrected chi connectivity index (χ0v) is 13.5. The first-order valence-corrected chi connectivity index (χ1v) is 7.83. The van der Waals surface area contributed by atoms with Crippen molar-refractivity contribution < 1.29 is 8.78 Å². The van der Waals surface area contributed by atoms with Crippen LogP contribution in [0.15, 0.2) is 46.9 Å². The van der Waals surface area contributed by atoms with E-state index in [1.54, 1.807) is 36.4 Å². The molecule has 0 radical (unpaired) electrons. The Morgan fingerprint density at radius 3 is 2.57 bits per heavy atom. The molecular formula is C17H18BrF2N. The van der Waals surface area contributed by atoms with Gasteiger partial charge in [0.05, 0.1) is 4.47 Å². The molecule has 0 amide bonds. The van der Waals surface area contributed by atoms with Crippen LogP contribution in [0.3, 0.4) is 0 Å². The van der Waals surface area contributed by atoms with E-state index in [1.807, 2.05) is 6.92 Å². The van der Waals surface area contributed by atoms with Crippen molar-refractivity contribution >= 4 is 15.9 Å². The molecule has 0 saturated carbocycles. The minimum absolute atomic E-state index is 0.251. The van der Waals surface area contributed by atoms with Crippen molar-refractivity contribution in [3.63, 3.8) is 0 Å². The Kier molecular flexibility index (Phi) is 5.88. The molecule has 112 valence electrons. The topological polar surface area (TPSA) is 12.0 Å². The van der Waals surface area contributed by atoms with E-state index in [-0.39, 0.29) is 17.7 Å². The Hall–Kier alpha value is -1.26. The highest BCUT2D eigenvalue weighted by molar-refractivity contribution is 9.10. The van der Waals surface area contributed by atoms with Crippen LogP contribution in [0.1, 0.15) is 30.5 Å². The smallest absolute Gasteiger partial charge is 0.142 e. The van der Waals surface area contributed by atoms with Gasteiger partial charge in [0.15, 0.2) is 0 Å². The molecule has 1 unspecified atom stereocenters. The van der Waals surface area contributed by atoms with Crippen LogP contribution in [0.25, 0.3) is 0 Å². The molecule has 0 aliphatic carbocycles. The summed E-state index contributed by atoms with van der Waals surface area (Å²) in [5, 5.41) is 3.30. The minimum Gasteiger partial charge on any atom is -0.310 e. The van der Waals surface area contributed by atoms with Crippen LogP contribution in [0.4, 0.5) is 8.78 Å². The molecule has 0 saturated heterocycles. The number of benzene rings is 2. The van der Waals surface area contributed by atoms with Gasteiger partial charge in [0.25, 0.3) is 0 Å². The Morgan fingerprint density at radius 1 is 1.10 bits per heavy atom. The summed E-state index contributed by atoms with van der Waals surface area (Å²) in [7, 11) is 0. The minimum atomic E-state index is -0.289. The predicted molar refractivity (Wildman–Crippen MR) is 85.2 cm³/mol. The normalized spacial score (nSPS) is 12.4. The van der Waals surface area contributed by atoms with E-state index in [9.17, 15) is 8.78 Å². The first-order chi connectivity index (χ1) is 10.1. The first kappa shape index (κ1) is 16.1. The van der Waals surface area contributed by atoms with E-state index in [0.717, 1.165) is 13.0 Å². The number of nitrogens with one attached hydrogen (secondary N) is 1. The van der Waals surface area contributed by atoms with Crippen LogP contribution >= 0.6 is 15.9 Å². The van der Waals surface area contributed by atoms with Crippen LogP contribution in [-0.4, -0.2) is 6.54 Å². The number of hydrogen-bond acceptors (Lipinski definition) is 1. The van der Waals surface area contributed by atoms with Crippen molar-refractivity contribution in [2.24, 2.45) is 0 Å². The molecule has 21 heavy (non-hydrogen) atoms. The molecule has 0 aliphatic rings. The van der Waals surface area contributed by atoms with E-state index >= 15 is 0 Å². The maximum atomic E-state index is 14.3. The van der Waals surface area contributed by atoms with Gasteiger partial charge in [0.2, 0.25) is 0 Å². The first-order valence-electron chi connectivity index (χ1n) is 7.04. The molecular weight excluding hydrogens is 336 g/mol.